The van der Waals surface area contributed by atoms with Crippen LogP contribution in [-0.2, 0) is 0 Å². The summed E-state index contributed by atoms with van der Waals surface area (Å²) in [6, 6.07) is 0. The maximum absolute atomic E-state index is 3.66. The number of nitrogens with zero attached hydrogens (tertiary/aromatic N) is 1. The van der Waals surface area contributed by atoms with Crippen LogP contribution in [0, 0.1) is 0 Å². The third-order valence-electron chi connectivity index (χ3n) is 1.64. The fourth-order valence-electron chi connectivity index (χ4n) is 0.854. The highest BCUT2D eigenvalue weighted by atomic mass is 15.1. The molecule has 0 spiro atoms. The van der Waals surface area contributed by atoms with E-state index >= 15 is 0 Å². The van der Waals surface area contributed by atoms with Crippen molar-refractivity contribution in [1.29, 1.82) is 0 Å². The molecule has 0 radical (unpaired) electrons. The standard InChI is InChI=1S/C9H17N/c1-5-8-9(6-2)10(4)7-3/h5,8H,1,6-7H2,2-4H3/b9-8+. The summed E-state index contributed by atoms with van der Waals surface area (Å²) in [6.07, 6.45) is 4.98. The molecule has 0 N–H and O–H groups in total. The maximum atomic E-state index is 3.66. The van der Waals surface area contributed by atoms with Crippen molar-refractivity contribution in [3.05, 3.63) is 24.4 Å². The minimum absolute atomic E-state index is 1.06. The van der Waals surface area contributed by atoms with E-state index in [1.165, 1.54) is 5.70 Å². The molecule has 58 valence electrons. The van der Waals surface area contributed by atoms with E-state index in [-0.39, 0.29) is 0 Å². The van der Waals surface area contributed by atoms with Crippen molar-refractivity contribution < 1.29 is 0 Å². The number of allylic oxidation sites excluding steroid dienone is 3. The Bertz CT molecular complexity index is 125. The van der Waals surface area contributed by atoms with Crippen molar-refractivity contribution in [1.82, 2.24) is 4.90 Å². The normalized spacial score (nSPS) is 11.3. The highest BCUT2D eigenvalue weighted by Gasteiger charge is 1.95. The van der Waals surface area contributed by atoms with E-state index in [9.17, 15) is 0 Å². The van der Waals surface area contributed by atoms with E-state index < -0.39 is 0 Å². The molecule has 0 heterocycles. The topological polar surface area (TPSA) is 3.24 Å². The van der Waals surface area contributed by atoms with Crippen LogP contribution in [0.5, 0.6) is 0 Å². The zero-order valence-corrected chi connectivity index (χ0v) is 7.22. The third kappa shape index (κ3) is 2.72. The molecule has 0 amide bonds. The van der Waals surface area contributed by atoms with Crippen LogP contribution in [0.1, 0.15) is 20.3 Å². The molecule has 10 heavy (non-hydrogen) atoms. The van der Waals surface area contributed by atoms with Gasteiger partial charge in [0.05, 0.1) is 0 Å². The predicted molar refractivity (Wildman–Crippen MR) is 46.9 cm³/mol. The minimum atomic E-state index is 1.06. The van der Waals surface area contributed by atoms with E-state index in [1.54, 1.807) is 0 Å². The average Bonchev–Trinajstić information content (AvgIpc) is 1.99. The molecule has 0 aliphatic rings. The second kappa shape index (κ2) is 5.10. The number of hydrogen-bond donors (Lipinski definition) is 0. The van der Waals surface area contributed by atoms with Gasteiger partial charge in [-0.25, -0.2) is 0 Å². The number of hydrogen-bond acceptors (Lipinski definition) is 1. The Balaban J connectivity index is 4.04. The summed E-state index contributed by atoms with van der Waals surface area (Å²) in [5, 5.41) is 0. The average molecular weight is 139 g/mol. The fourth-order valence-corrected chi connectivity index (χ4v) is 0.854. The summed E-state index contributed by atoms with van der Waals surface area (Å²) >= 11 is 0. The lowest BCUT2D eigenvalue weighted by Gasteiger charge is -2.18. The Morgan fingerprint density at radius 2 is 2.10 bits per heavy atom. The molecule has 0 fully saturated rings. The predicted octanol–water partition coefficient (Wildman–Crippen LogP) is 2.42. The Morgan fingerprint density at radius 1 is 1.50 bits per heavy atom. The number of rotatable bonds is 4. The van der Waals surface area contributed by atoms with Crippen LogP contribution in [0.4, 0.5) is 0 Å². The van der Waals surface area contributed by atoms with Gasteiger partial charge >= 0.3 is 0 Å². The molecule has 0 aliphatic heterocycles. The first kappa shape index (κ1) is 9.28. The largest absolute Gasteiger partial charge is 0.378 e. The first-order valence-electron chi connectivity index (χ1n) is 3.79. The van der Waals surface area contributed by atoms with Crippen molar-refractivity contribution in [2.75, 3.05) is 13.6 Å². The Hall–Kier alpha value is -0.720. The highest BCUT2D eigenvalue weighted by molar-refractivity contribution is 5.08. The van der Waals surface area contributed by atoms with Crippen LogP contribution < -0.4 is 0 Å². The van der Waals surface area contributed by atoms with E-state index in [0.717, 1.165) is 13.0 Å². The van der Waals surface area contributed by atoms with Crippen molar-refractivity contribution in [3.8, 4) is 0 Å². The molecule has 0 aromatic carbocycles. The maximum Gasteiger partial charge on any atom is 0.0143 e. The summed E-state index contributed by atoms with van der Waals surface area (Å²) in [4.78, 5) is 2.22. The molecule has 0 unspecified atom stereocenters. The van der Waals surface area contributed by atoms with Gasteiger partial charge < -0.3 is 4.90 Å². The van der Waals surface area contributed by atoms with Crippen molar-refractivity contribution in [2.24, 2.45) is 0 Å². The van der Waals surface area contributed by atoms with Gasteiger partial charge in [0.1, 0.15) is 0 Å². The summed E-state index contributed by atoms with van der Waals surface area (Å²) in [5.74, 6) is 0. The summed E-state index contributed by atoms with van der Waals surface area (Å²) in [5.41, 5.74) is 1.34. The monoisotopic (exact) mass is 139 g/mol. The molecule has 0 bridgehead atoms. The van der Waals surface area contributed by atoms with Gasteiger partial charge in [-0.2, -0.15) is 0 Å². The van der Waals surface area contributed by atoms with Gasteiger partial charge in [-0.3, -0.25) is 0 Å². The second-order valence-electron chi connectivity index (χ2n) is 2.26. The molecule has 0 aromatic rings. The third-order valence-corrected chi connectivity index (χ3v) is 1.64. The van der Waals surface area contributed by atoms with Gasteiger partial charge in [0.15, 0.2) is 0 Å². The van der Waals surface area contributed by atoms with Crippen LogP contribution in [0.15, 0.2) is 24.4 Å². The molecule has 0 rings (SSSR count). The quantitative estimate of drug-likeness (QED) is 0.541. The van der Waals surface area contributed by atoms with Crippen LogP contribution in [0.3, 0.4) is 0 Å². The summed E-state index contributed by atoms with van der Waals surface area (Å²) in [7, 11) is 2.10. The van der Waals surface area contributed by atoms with Gasteiger partial charge in [-0.05, 0) is 19.4 Å². The van der Waals surface area contributed by atoms with Crippen LogP contribution in [-0.4, -0.2) is 18.5 Å². The van der Waals surface area contributed by atoms with Gasteiger partial charge in [-0.1, -0.05) is 19.6 Å². The first-order chi connectivity index (χ1) is 4.76. The fraction of sp³-hybridized carbons (Fsp3) is 0.556. The molecule has 0 atom stereocenters. The zero-order chi connectivity index (χ0) is 7.98. The van der Waals surface area contributed by atoms with Gasteiger partial charge in [0, 0.05) is 19.3 Å². The van der Waals surface area contributed by atoms with Crippen LogP contribution in [0.2, 0.25) is 0 Å². The van der Waals surface area contributed by atoms with Gasteiger partial charge in [0.25, 0.3) is 0 Å². The van der Waals surface area contributed by atoms with Gasteiger partial charge in [0.2, 0.25) is 0 Å². The Labute approximate surface area is 64.0 Å². The smallest absolute Gasteiger partial charge is 0.0143 e. The minimum Gasteiger partial charge on any atom is -0.378 e. The lowest BCUT2D eigenvalue weighted by Crippen LogP contribution is -2.15. The lowest BCUT2D eigenvalue weighted by molar-refractivity contribution is 0.428. The SMILES string of the molecule is C=C/C=C(\CC)N(C)CC. The molecule has 0 saturated heterocycles. The molecule has 1 heteroatoms. The van der Waals surface area contributed by atoms with Crippen molar-refractivity contribution in [3.63, 3.8) is 0 Å². The first-order valence-corrected chi connectivity index (χ1v) is 3.79. The van der Waals surface area contributed by atoms with E-state index in [0.29, 0.717) is 0 Å². The molecular formula is C9H17N. The summed E-state index contributed by atoms with van der Waals surface area (Å²) in [6.45, 7) is 9.02. The zero-order valence-electron chi connectivity index (χ0n) is 7.22. The second-order valence-corrected chi connectivity index (χ2v) is 2.26. The molecule has 0 aromatic heterocycles. The molecular weight excluding hydrogens is 122 g/mol. The lowest BCUT2D eigenvalue weighted by atomic mass is 10.3. The Morgan fingerprint density at radius 3 is 2.40 bits per heavy atom. The van der Waals surface area contributed by atoms with E-state index in [2.05, 4.69) is 38.5 Å². The Kier molecular flexibility index (Phi) is 4.73. The van der Waals surface area contributed by atoms with Crippen LogP contribution in [0.25, 0.3) is 0 Å². The molecule has 1 nitrogen and oxygen atoms in total. The van der Waals surface area contributed by atoms with Crippen LogP contribution >= 0.6 is 0 Å². The van der Waals surface area contributed by atoms with Crippen molar-refractivity contribution in [2.45, 2.75) is 20.3 Å². The highest BCUT2D eigenvalue weighted by Crippen LogP contribution is 2.04. The van der Waals surface area contributed by atoms with Crippen molar-refractivity contribution >= 4 is 0 Å². The van der Waals surface area contributed by atoms with Gasteiger partial charge in [-0.15, -0.1) is 0 Å². The molecule has 0 saturated carbocycles. The molecule has 0 aliphatic carbocycles. The van der Waals surface area contributed by atoms with E-state index in [1.807, 2.05) is 6.08 Å². The van der Waals surface area contributed by atoms with E-state index in [4.69, 9.17) is 0 Å². The summed E-state index contributed by atoms with van der Waals surface area (Å²) < 4.78 is 0.